The molecular formula is C38H32F6N4O4. The van der Waals surface area contributed by atoms with Gasteiger partial charge in [0.1, 0.15) is 11.6 Å². The Bertz CT molecular complexity index is 2420. The lowest BCUT2D eigenvalue weighted by molar-refractivity contribution is 0.0497. The quantitative estimate of drug-likeness (QED) is 0.0656. The van der Waals surface area contributed by atoms with Crippen molar-refractivity contribution in [3.05, 3.63) is 117 Å². The summed E-state index contributed by atoms with van der Waals surface area (Å²) in [6.45, 7) is 8.64. The van der Waals surface area contributed by atoms with Gasteiger partial charge in [0.2, 0.25) is 0 Å². The molecule has 0 radical (unpaired) electrons. The number of hydrogen-bond acceptors (Lipinski definition) is 5. The fourth-order valence-corrected chi connectivity index (χ4v) is 6.76. The number of aromatic nitrogens is 4. The molecule has 6 aromatic rings. The maximum absolute atomic E-state index is 15.2. The Morgan fingerprint density at radius 2 is 1.23 bits per heavy atom. The van der Waals surface area contributed by atoms with E-state index in [0.29, 0.717) is 45.4 Å². The number of ether oxygens (including phenoxy) is 1. The Kier molecular flexibility index (Phi) is 9.60. The predicted molar refractivity (Wildman–Crippen MR) is 179 cm³/mol. The third kappa shape index (κ3) is 6.26. The molecule has 0 bridgehead atoms. The molecule has 0 saturated carbocycles. The standard InChI is InChI=1S/C38H32F6N4O4/c1-17(2)31-25(37(49)50)15-45-48-30(31)10-20(36(48)24-12-22(40)14-28(42)34(24)44)7-6-8-52-38(51)26-16-46-47-29(32(26)18(3)4)9-19(5)35(47)23-11-21(39)13-27(41)33(23)43/h9-18H,6-8H2,1-5H3,(H,49,50). The van der Waals surface area contributed by atoms with E-state index in [9.17, 15) is 36.6 Å². The molecule has 0 fully saturated rings. The molecule has 4 aromatic heterocycles. The summed E-state index contributed by atoms with van der Waals surface area (Å²) in [7, 11) is 0. The zero-order valence-electron chi connectivity index (χ0n) is 28.6. The molecule has 0 atom stereocenters. The smallest absolute Gasteiger partial charge is 0.340 e. The van der Waals surface area contributed by atoms with Crippen LogP contribution < -0.4 is 0 Å². The van der Waals surface area contributed by atoms with Crippen LogP contribution in [0.25, 0.3) is 33.5 Å². The van der Waals surface area contributed by atoms with Crippen LogP contribution in [0.3, 0.4) is 0 Å². The number of rotatable bonds is 10. The molecule has 4 heterocycles. The molecule has 1 N–H and O–H groups in total. The van der Waals surface area contributed by atoms with E-state index in [1.54, 1.807) is 32.9 Å². The van der Waals surface area contributed by atoms with Gasteiger partial charge < -0.3 is 9.84 Å². The summed E-state index contributed by atoms with van der Waals surface area (Å²) < 4.78 is 95.2. The Morgan fingerprint density at radius 3 is 1.79 bits per heavy atom. The summed E-state index contributed by atoms with van der Waals surface area (Å²) in [5, 5.41) is 18.3. The molecule has 14 heteroatoms. The van der Waals surface area contributed by atoms with Gasteiger partial charge in [0, 0.05) is 23.3 Å². The van der Waals surface area contributed by atoms with E-state index >= 15 is 4.39 Å². The Balaban J connectivity index is 1.32. The van der Waals surface area contributed by atoms with Crippen LogP contribution >= 0.6 is 0 Å². The first-order valence-corrected chi connectivity index (χ1v) is 16.4. The molecule has 8 nitrogen and oxygen atoms in total. The summed E-state index contributed by atoms with van der Waals surface area (Å²) in [5.74, 6) is -9.90. The molecule has 0 aliphatic heterocycles. The van der Waals surface area contributed by atoms with Crippen LogP contribution in [-0.4, -0.2) is 42.9 Å². The summed E-state index contributed by atoms with van der Waals surface area (Å²) in [6.07, 6.45) is 2.60. The Morgan fingerprint density at radius 1 is 0.731 bits per heavy atom. The summed E-state index contributed by atoms with van der Waals surface area (Å²) >= 11 is 0. The van der Waals surface area contributed by atoms with Gasteiger partial charge in [-0.2, -0.15) is 10.2 Å². The first kappa shape index (κ1) is 36.1. The molecule has 0 spiro atoms. The third-order valence-electron chi connectivity index (χ3n) is 8.88. The van der Waals surface area contributed by atoms with Crippen molar-refractivity contribution >= 4 is 23.0 Å². The third-order valence-corrected chi connectivity index (χ3v) is 8.88. The van der Waals surface area contributed by atoms with E-state index in [4.69, 9.17) is 4.74 Å². The molecule has 6 rings (SSSR count). The van der Waals surface area contributed by atoms with Gasteiger partial charge in [-0.3, -0.25) is 0 Å². The number of halogens is 6. The van der Waals surface area contributed by atoms with Crippen molar-refractivity contribution in [1.29, 1.82) is 0 Å². The Labute approximate surface area is 293 Å². The van der Waals surface area contributed by atoms with Gasteiger partial charge in [-0.1, -0.05) is 27.7 Å². The number of esters is 1. The summed E-state index contributed by atoms with van der Waals surface area (Å²) in [5.41, 5.74) is 1.84. The molecule has 0 amide bonds. The lowest BCUT2D eigenvalue weighted by Gasteiger charge is -2.15. The largest absolute Gasteiger partial charge is 0.478 e. The number of carbonyl (C=O) groups is 2. The van der Waals surface area contributed by atoms with Crippen molar-refractivity contribution in [1.82, 2.24) is 19.2 Å². The van der Waals surface area contributed by atoms with Gasteiger partial charge in [0.25, 0.3) is 0 Å². The van der Waals surface area contributed by atoms with E-state index in [0.717, 1.165) is 18.3 Å². The maximum atomic E-state index is 15.2. The normalized spacial score (nSPS) is 11.8. The second-order valence-electron chi connectivity index (χ2n) is 13.1. The molecule has 52 heavy (non-hydrogen) atoms. The number of nitrogens with zero attached hydrogens (tertiary/aromatic N) is 4. The van der Waals surface area contributed by atoms with Gasteiger partial charge in [0.15, 0.2) is 23.3 Å². The highest BCUT2D eigenvalue weighted by Crippen LogP contribution is 2.37. The van der Waals surface area contributed by atoms with E-state index in [1.165, 1.54) is 15.2 Å². The van der Waals surface area contributed by atoms with Crippen LogP contribution in [-0.2, 0) is 11.2 Å². The SMILES string of the molecule is Cc1cc2c(C(C)C)c(C(=O)OCCCc3cc4c(C(C)C)c(C(=O)O)cnn4c3-c3cc(F)cc(F)c3F)cnn2c1-c1cc(F)cc(F)c1F. The van der Waals surface area contributed by atoms with Crippen LogP contribution in [0.1, 0.15) is 88.9 Å². The molecule has 0 unspecified atom stereocenters. The van der Waals surface area contributed by atoms with E-state index in [1.807, 2.05) is 13.8 Å². The second kappa shape index (κ2) is 13.8. The Hall–Kier alpha value is -5.66. The highest BCUT2D eigenvalue weighted by Gasteiger charge is 2.27. The van der Waals surface area contributed by atoms with Crippen LogP contribution in [0, 0.1) is 41.8 Å². The van der Waals surface area contributed by atoms with Crippen molar-refractivity contribution in [2.75, 3.05) is 6.61 Å². The number of aryl methyl sites for hydroxylation is 2. The fraction of sp³-hybridized carbons (Fsp3) is 0.263. The second-order valence-corrected chi connectivity index (χ2v) is 13.1. The lowest BCUT2D eigenvalue weighted by atomic mass is 9.98. The van der Waals surface area contributed by atoms with E-state index in [2.05, 4.69) is 10.2 Å². The highest BCUT2D eigenvalue weighted by molar-refractivity contribution is 5.94. The zero-order valence-corrected chi connectivity index (χ0v) is 28.6. The number of carboxylic acids is 1. The molecule has 0 aliphatic rings. The number of carbonyl (C=O) groups excluding carboxylic acids is 1. The molecule has 2 aromatic carbocycles. The van der Waals surface area contributed by atoms with Crippen LogP contribution in [0.15, 0.2) is 48.8 Å². The van der Waals surface area contributed by atoms with Crippen molar-refractivity contribution < 1.29 is 45.8 Å². The van der Waals surface area contributed by atoms with E-state index in [-0.39, 0.29) is 59.4 Å². The van der Waals surface area contributed by atoms with Crippen molar-refractivity contribution in [3.8, 4) is 22.5 Å². The van der Waals surface area contributed by atoms with Crippen molar-refractivity contribution in [2.45, 2.75) is 59.3 Å². The maximum Gasteiger partial charge on any atom is 0.340 e. The van der Waals surface area contributed by atoms with Crippen molar-refractivity contribution in [2.24, 2.45) is 0 Å². The molecule has 0 aliphatic carbocycles. The number of benzene rings is 2. The number of hydrogen-bond donors (Lipinski definition) is 1. The summed E-state index contributed by atoms with van der Waals surface area (Å²) in [6, 6.07) is 5.78. The average molecular weight is 723 g/mol. The minimum Gasteiger partial charge on any atom is -0.478 e. The predicted octanol–water partition coefficient (Wildman–Crippen LogP) is 9.19. The van der Waals surface area contributed by atoms with Gasteiger partial charge in [-0.25, -0.2) is 45.0 Å². The number of fused-ring (bicyclic) bond motifs is 2. The van der Waals surface area contributed by atoms with E-state index < -0.39 is 52.4 Å². The monoisotopic (exact) mass is 722 g/mol. The topological polar surface area (TPSA) is 98.2 Å². The first-order valence-electron chi connectivity index (χ1n) is 16.4. The molecular weight excluding hydrogens is 690 g/mol. The minimum absolute atomic E-state index is 0.0156. The van der Waals surface area contributed by atoms with Crippen molar-refractivity contribution in [3.63, 3.8) is 0 Å². The average Bonchev–Trinajstić information content (AvgIpc) is 3.61. The summed E-state index contributed by atoms with van der Waals surface area (Å²) in [4.78, 5) is 25.5. The van der Waals surface area contributed by atoms with Crippen LogP contribution in [0.2, 0.25) is 0 Å². The number of aromatic carboxylic acids is 1. The highest BCUT2D eigenvalue weighted by atomic mass is 19.2. The minimum atomic E-state index is -1.42. The lowest BCUT2D eigenvalue weighted by Crippen LogP contribution is -2.13. The van der Waals surface area contributed by atoms with Crippen LogP contribution in [0.5, 0.6) is 0 Å². The van der Waals surface area contributed by atoms with Gasteiger partial charge in [-0.05, 0) is 78.1 Å². The van der Waals surface area contributed by atoms with Gasteiger partial charge in [-0.15, -0.1) is 0 Å². The zero-order chi connectivity index (χ0) is 37.8. The number of carboxylic acid groups (broad SMARTS) is 1. The molecule has 270 valence electrons. The van der Waals surface area contributed by atoms with Gasteiger partial charge >= 0.3 is 11.9 Å². The first-order chi connectivity index (χ1) is 24.6. The fourth-order valence-electron chi connectivity index (χ4n) is 6.76. The van der Waals surface area contributed by atoms with Gasteiger partial charge in [0.05, 0.1) is 52.5 Å². The molecule has 0 saturated heterocycles. The van der Waals surface area contributed by atoms with Crippen LogP contribution in [0.4, 0.5) is 26.3 Å².